The molecule has 0 radical (unpaired) electrons. The third-order valence-corrected chi connectivity index (χ3v) is 3.92. The predicted octanol–water partition coefficient (Wildman–Crippen LogP) is 1.86. The molecule has 132 valence electrons. The zero-order chi connectivity index (χ0) is 18.1. The van der Waals surface area contributed by atoms with E-state index < -0.39 is 12.3 Å². The zero-order valence-electron chi connectivity index (χ0n) is 13.1. The lowest BCUT2D eigenvalue weighted by molar-refractivity contribution is -0.114. The number of hydrogen-bond donors (Lipinski definition) is 2. The first-order valence-corrected chi connectivity index (χ1v) is 8.13. The number of hydrogen-bond acceptors (Lipinski definition) is 7. The third-order valence-electron chi connectivity index (χ3n) is 2.95. The van der Waals surface area contributed by atoms with Gasteiger partial charge in [0.15, 0.2) is 5.71 Å². The van der Waals surface area contributed by atoms with Crippen molar-refractivity contribution in [2.45, 2.75) is 19.4 Å². The van der Waals surface area contributed by atoms with Crippen molar-refractivity contribution in [1.82, 2.24) is 15.5 Å². The van der Waals surface area contributed by atoms with E-state index in [0.29, 0.717) is 5.01 Å². The molecule has 0 fully saturated rings. The molecule has 0 aliphatic carbocycles. The fourth-order valence-electron chi connectivity index (χ4n) is 1.74. The van der Waals surface area contributed by atoms with Crippen molar-refractivity contribution in [1.29, 1.82) is 0 Å². The number of rotatable bonds is 8. The maximum Gasteiger partial charge on any atom is 0.273 e. The molecule has 0 saturated carbocycles. The van der Waals surface area contributed by atoms with Crippen molar-refractivity contribution in [2.75, 3.05) is 6.54 Å². The van der Waals surface area contributed by atoms with Crippen molar-refractivity contribution in [3.05, 3.63) is 35.3 Å². The van der Waals surface area contributed by atoms with E-state index in [2.05, 4.69) is 25.6 Å². The molecule has 1 amide bonds. The average molecular weight is 366 g/mol. The Bertz CT molecular complexity index is 747. The second-order valence-corrected chi connectivity index (χ2v) is 5.84. The number of amides is 1. The molecule has 0 bridgehead atoms. The van der Waals surface area contributed by atoms with Gasteiger partial charge in [-0.3, -0.25) is 9.79 Å². The van der Waals surface area contributed by atoms with Gasteiger partial charge >= 0.3 is 0 Å². The lowest BCUT2D eigenvalue weighted by Crippen LogP contribution is -2.32. The molecule has 0 unspecified atom stereocenters. The molecule has 2 aromatic rings. The summed E-state index contributed by atoms with van der Waals surface area (Å²) in [6.45, 7) is 0.0357. The van der Waals surface area contributed by atoms with Crippen LogP contribution >= 0.6 is 11.3 Å². The van der Waals surface area contributed by atoms with E-state index in [0.717, 1.165) is 16.8 Å². The first-order valence-electron chi connectivity index (χ1n) is 7.32. The molecule has 0 aliphatic rings. The predicted molar refractivity (Wildman–Crippen MR) is 92.8 cm³/mol. The van der Waals surface area contributed by atoms with E-state index >= 15 is 0 Å². The number of carbonyl (C=O) groups is 1. The van der Waals surface area contributed by atoms with Crippen molar-refractivity contribution < 1.29 is 13.6 Å². The highest BCUT2D eigenvalue weighted by molar-refractivity contribution is 7.14. The van der Waals surface area contributed by atoms with Crippen LogP contribution in [-0.4, -0.2) is 41.0 Å². The molecule has 0 spiro atoms. The van der Waals surface area contributed by atoms with E-state index in [-0.39, 0.29) is 25.2 Å². The van der Waals surface area contributed by atoms with Gasteiger partial charge in [-0.1, -0.05) is 41.7 Å². The first-order chi connectivity index (χ1) is 12.1. The number of hydrazone groups is 1. The number of alkyl halides is 2. The molecule has 0 saturated heterocycles. The monoisotopic (exact) mass is 366 g/mol. The van der Waals surface area contributed by atoms with E-state index in [1.165, 1.54) is 11.3 Å². The van der Waals surface area contributed by atoms with Gasteiger partial charge in [-0.15, -0.1) is 10.2 Å². The standard InChI is InChI=1S/C15H16F2N6OS/c16-12(17)6-7-19-8-11(21-18)14(24)20-9-13-22-23-15(25-13)10-4-2-1-3-5-10/h1-5,8,12H,6-7,9,18H2,(H,20,24)/b19-8?,21-11+. The van der Waals surface area contributed by atoms with Crippen molar-refractivity contribution in [3.8, 4) is 10.6 Å². The highest BCUT2D eigenvalue weighted by Gasteiger charge is 2.11. The first kappa shape index (κ1) is 18.6. The van der Waals surface area contributed by atoms with Gasteiger partial charge in [-0.2, -0.15) is 5.10 Å². The summed E-state index contributed by atoms with van der Waals surface area (Å²) in [5.41, 5.74) is 0.787. The van der Waals surface area contributed by atoms with Crippen molar-refractivity contribution >= 4 is 29.2 Å². The molecule has 25 heavy (non-hydrogen) atoms. The van der Waals surface area contributed by atoms with Gasteiger partial charge < -0.3 is 11.2 Å². The molecular formula is C15H16F2N6OS. The van der Waals surface area contributed by atoms with Crippen LogP contribution in [0.5, 0.6) is 0 Å². The summed E-state index contributed by atoms with van der Waals surface area (Å²) in [6.07, 6.45) is -1.75. The molecule has 0 aliphatic heterocycles. The lowest BCUT2D eigenvalue weighted by Gasteiger charge is -2.01. The van der Waals surface area contributed by atoms with Crippen LogP contribution in [0.3, 0.4) is 0 Å². The number of nitrogens with zero attached hydrogens (tertiary/aromatic N) is 4. The van der Waals surface area contributed by atoms with E-state index in [1.54, 1.807) is 0 Å². The van der Waals surface area contributed by atoms with Gasteiger partial charge in [0.05, 0.1) is 12.8 Å². The molecule has 0 atom stereocenters. The van der Waals surface area contributed by atoms with Gasteiger partial charge in [-0.05, 0) is 0 Å². The summed E-state index contributed by atoms with van der Waals surface area (Å²) in [6, 6.07) is 9.53. The number of nitrogens with one attached hydrogen (secondary N) is 1. The van der Waals surface area contributed by atoms with Gasteiger partial charge in [0.25, 0.3) is 5.91 Å². The summed E-state index contributed by atoms with van der Waals surface area (Å²) in [7, 11) is 0. The Balaban J connectivity index is 1.87. The maximum absolute atomic E-state index is 12.0. The number of aromatic nitrogens is 2. The van der Waals surface area contributed by atoms with Crippen LogP contribution in [0.25, 0.3) is 10.6 Å². The van der Waals surface area contributed by atoms with E-state index in [9.17, 15) is 13.6 Å². The Kier molecular flexibility index (Phi) is 7.08. The topological polar surface area (TPSA) is 106 Å². The van der Waals surface area contributed by atoms with Crippen molar-refractivity contribution in [3.63, 3.8) is 0 Å². The highest BCUT2D eigenvalue weighted by Crippen LogP contribution is 2.22. The number of carbonyl (C=O) groups excluding carboxylic acids is 1. The normalized spacial score (nSPS) is 12.0. The quantitative estimate of drug-likeness (QED) is 0.422. The van der Waals surface area contributed by atoms with Crippen LogP contribution in [0.1, 0.15) is 11.4 Å². The minimum Gasteiger partial charge on any atom is -0.344 e. The minimum absolute atomic E-state index is 0.110. The Morgan fingerprint density at radius 3 is 2.76 bits per heavy atom. The Morgan fingerprint density at radius 1 is 1.32 bits per heavy atom. The molecule has 1 aromatic carbocycles. The maximum atomic E-state index is 12.0. The molecule has 10 heteroatoms. The molecule has 7 nitrogen and oxygen atoms in total. The summed E-state index contributed by atoms with van der Waals surface area (Å²) in [5.74, 6) is 4.56. The lowest BCUT2D eigenvalue weighted by atomic mass is 10.2. The Labute approximate surface area is 146 Å². The largest absolute Gasteiger partial charge is 0.344 e. The molecule has 1 aromatic heterocycles. The summed E-state index contributed by atoms with van der Waals surface area (Å²) >= 11 is 1.35. The number of nitrogens with two attached hydrogens (primary N) is 1. The van der Waals surface area contributed by atoms with Crippen LogP contribution in [0.4, 0.5) is 8.78 Å². The van der Waals surface area contributed by atoms with Gasteiger partial charge in [0.1, 0.15) is 10.0 Å². The number of aliphatic imine (C=N–C) groups is 1. The van der Waals surface area contributed by atoms with Crippen LogP contribution in [0.2, 0.25) is 0 Å². The van der Waals surface area contributed by atoms with Crippen LogP contribution in [0.15, 0.2) is 40.4 Å². The van der Waals surface area contributed by atoms with Gasteiger partial charge in [0.2, 0.25) is 6.43 Å². The SMILES string of the molecule is N/N=C(\C=NCCC(F)F)C(=O)NCc1nnc(-c2ccccc2)s1. The van der Waals surface area contributed by atoms with Crippen LogP contribution in [-0.2, 0) is 11.3 Å². The molecule has 2 rings (SSSR count). The highest BCUT2D eigenvalue weighted by atomic mass is 32.1. The van der Waals surface area contributed by atoms with Gasteiger partial charge in [0, 0.05) is 18.5 Å². The second-order valence-electron chi connectivity index (χ2n) is 4.78. The molecule has 3 N–H and O–H groups in total. The smallest absolute Gasteiger partial charge is 0.273 e. The number of benzene rings is 1. The summed E-state index contributed by atoms with van der Waals surface area (Å²) < 4.78 is 24.0. The molecule has 1 heterocycles. The minimum atomic E-state index is -2.44. The summed E-state index contributed by atoms with van der Waals surface area (Å²) in [5, 5.41) is 15.3. The van der Waals surface area contributed by atoms with Crippen molar-refractivity contribution in [2.24, 2.45) is 15.9 Å². The average Bonchev–Trinajstić information content (AvgIpc) is 3.09. The second kappa shape index (κ2) is 9.52. The van der Waals surface area contributed by atoms with E-state index in [1.807, 2.05) is 30.3 Å². The molecular weight excluding hydrogens is 350 g/mol. The fourth-order valence-corrected chi connectivity index (χ4v) is 2.53. The zero-order valence-corrected chi connectivity index (χ0v) is 13.9. The fraction of sp³-hybridized carbons (Fsp3) is 0.267. The summed E-state index contributed by atoms with van der Waals surface area (Å²) in [4.78, 5) is 15.6. The third kappa shape index (κ3) is 5.99. The van der Waals surface area contributed by atoms with Gasteiger partial charge in [-0.25, -0.2) is 8.78 Å². The van der Waals surface area contributed by atoms with Crippen LogP contribution in [0, 0.1) is 0 Å². The van der Waals surface area contributed by atoms with E-state index in [4.69, 9.17) is 5.84 Å². The van der Waals surface area contributed by atoms with Crippen LogP contribution < -0.4 is 11.2 Å². The Morgan fingerprint density at radius 2 is 2.08 bits per heavy atom. The Hall–Kier alpha value is -2.75. The number of halogens is 2.